The van der Waals surface area contributed by atoms with E-state index >= 15 is 0 Å². The van der Waals surface area contributed by atoms with Crippen LogP contribution in [0.15, 0.2) is 12.1 Å². The summed E-state index contributed by atoms with van der Waals surface area (Å²) in [5.74, 6) is -0.918. The van der Waals surface area contributed by atoms with Gasteiger partial charge in [-0.05, 0) is 19.1 Å². The minimum atomic E-state index is -0.918. The van der Waals surface area contributed by atoms with Crippen LogP contribution in [0.5, 0.6) is 0 Å². The van der Waals surface area contributed by atoms with Crippen LogP contribution in [-0.2, 0) is 11.3 Å². The summed E-state index contributed by atoms with van der Waals surface area (Å²) in [6.45, 7) is 2.28. The molecule has 17 heavy (non-hydrogen) atoms. The van der Waals surface area contributed by atoms with Crippen molar-refractivity contribution < 1.29 is 14.7 Å². The lowest BCUT2D eigenvalue weighted by Crippen LogP contribution is -2.40. The van der Waals surface area contributed by atoms with Crippen molar-refractivity contribution in [3.63, 3.8) is 0 Å². The highest BCUT2D eigenvalue weighted by atomic mass is 32.1. The molecule has 0 saturated heterocycles. The van der Waals surface area contributed by atoms with Gasteiger partial charge in [0.25, 0.3) is 0 Å². The lowest BCUT2D eigenvalue weighted by atomic mass is 10.3. The van der Waals surface area contributed by atoms with E-state index in [2.05, 4.69) is 5.32 Å². The second kappa shape index (κ2) is 5.79. The molecule has 1 heterocycles. The molecule has 0 saturated carbocycles. The number of aromatic carboxylic acids is 1. The molecular formula is C11H16N2O3S. The summed E-state index contributed by atoms with van der Waals surface area (Å²) >= 11 is 1.22. The number of likely N-dealkylation sites (N-methyl/N-ethyl adjacent to an activating group) is 1. The normalized spacial score (nSPS) is 12.2. The molecule has 0 spiro atoms. The maximum atomic E-state index is 11.6. The standard InChI is InChI=1S/C11H16N2O3S/c1-7(10(14)13(2)3)12-6-8-4-5-9(17-8)11(15)16/h4-5,7,12H,6H2,1-3H3,(H,15,16). The van der Waals surface area contributed by atoms with E-state index < -0.39 is 5.97 Å². The van der Waals surface area contributed by atoms with Gasteiger partial charge in [-0.2, -0.15) is 0 Å². The molecule has 0 aromatic carbocycles. The molecule has 0 aliphatic carbocycles. The molecule has 1 amide bonds. The largest absolute Gasteiger partial charge is 0.477 e. The van der Waals surface area contributed by atoms with E-state index in [0.29, 0.717) is 11.4 Å². The molecule has 1 unspecified atom stereocenters. The third-order valence-electron chi connectivity index (χ3n) is 2.27. The third-order valence-corrected chi connectivity index (χ3v) is 3.34. The number of nitrogens with zero attached hydrogens (tertiary/aromatic N) is 1. The van der Waals surface area contributed by atoms with Gasteiger partial charge in [0.05, 0.1) is 6.04 Å². The Morgan fingerprint density at radius 3 is 2.59 bits per heavy atom. The number of hydrogen-bond acceptors (Lipinski definition) is 4. The number of carbonyl (C=O) groups is 2. The number of amides is 1. The molecule has 2 N–H and O–H groups in total. The number of rotatable bonds is 5. The van der Waals surface area contributed by atoms with Gasteiger partial charge in [0.2, 0.25) is 5.91 Å². The maximum Gasteiger partial charge on any atom is 0.345 e. The van der Waals surface area contributed by atoms with E-state index in [9.17, 15) is 9.59 Å². The highest BCUT2D eigenvalue weighted by molar-refractivity contribution is 7.13. The van der Waals surface area contributed by atoms with E-state index in [1.54, 1.807) is 33.2 Å². The lowest BCUT2D eigenvalue weighted by Gasteiger charge is -2.17. The zero-order valence-corrected chi connectivity index (χ0v) is 10.9. The van der Waals surface area contributed by atoms with Crippen molar-refractivity contribution in [3.8, 4) is 0 Å². The molecule has 0 aliphatic heterocycles. The Morgan fingerprint density at radius 2 is 2.12 bits per heavy atom. The van der Waals surface area contributed by atoms with Crippen LogP contribution in [0.1, 0.15) is 21.5 Å². The molecule has 5 nitrogen and oxygen atoms in total. The number of thiophene rings is 1. The van der Waals surface area contributed by atoms with Crippen LogP contribution in [0.4, 0.5) is 0 Å². The minimum absolute atomic E-state index is 0.0000131. The number of hydrogen-bond donors (Lipinski definition) is 2. The molecule has 1 aromatic heterocycles. The van der Waals surface area contributed by atoms with Crippen molar-refractivity contribution >= 4 is 23.2 Å². The fourth-order valence-electron chi connectivity index (χ4n) is 1.32. The first-order valence-electron chi connectivity index (χ1n) is 5.18. The number of nitrogens with one attached hydrogen (secondary N) is 1. The van der Waals surface area contributed by atoms with Gasteiger partial charge in [0, 0.05) is 25.5 Å². The molecule has 6 heteroatoms. The van der Waals surface area contributed by atoms with E-state index in [1.807, 2.05) is 0 Å². The molecule has 1 rings (SSSR count). The molecule has 0 fully saturated rings. The summed E-state index contributed by atoms with van der Waals surface area (Å²) < 4.78 is 0. The minimum Gasteiger partial charge on any atom is -0.477 e. The van der Waals surface area contributed by atoms with Gasteiger partial charge in [0.1, 0.15) is 4.88 Å². The number of carboxylic acid groups (broad SMARTS) is 1. The van der Waals surface area contributed by atoms with Crippen molar-refractivity contribution in [3.05, 3.63) is 21.9 Å². The highest BCUT2D eigenvalue weighted by Gasteiger charge is 2.14. The average Bonchev–Trinajstić information content (AvgIpc) is 2.73. The van der Waals surface area contributed by atoms with Crippen LogP contribution in [-0.4, -0.2) is 42.0 Å². The Balaban J connectivity index is 2.50. The van der Waals surface area contributed by atoms with E-state index in [0.717, 1.165) is 4.88 Å². The van der Waals surface area contributed by atoms with Crippen molar-refractivity contribution in [2.24, 2.45) is 0 Å². The fraction of sp³-hybridized carbons (Fsp3) is 0.455. The topological polar surface area (TPSA) is 69.6 Å². The Morgan fingerprint density at radius 1 is 1.47 bits per heavy atom. The van der Waals surface area contributed by atoms with Crippen LogP contribution in [0.2, 0.25) is 0 Å². The second-order valence-electron chi connectivity index (χ2n) is 3.91. The predicted octanol–water partition coefficient (Wildman–Crippen LogP) is 1.01. The number of carboxylic acids is 1. The first kappa shape index (κ1) is 13.7. The molecule has 0 aliphatic rings. The van der Waals surface area contributed by atoms with Crippen LogP contribution in [0, 0.1) is 0 Å². The van der Waals surface area contributed by atoms with E-state index in [4.69, 9.17) is 5.11 Å². The van der Waals surface area contributed by atoms with Crippen molar-refractivity contribution in [1.82, 2.24) is 10.2 Å². The Kier molecular flexibility index (Phi) is 4.65. The van der Waals surface area contributed by atoms with Gasteiger partial charge in [0.15, 0.2) is 0 Å². The van der Waals surface area contributed by atoms with Gasteiger partial charge < -0.3 is 15.3 Å². The van der Waals surface area contributed by atoms with Crippen molar-refractivity contribution in [2.45, 2.75) is 19.5 Å². The Bertz CT molecular complexity index is 415. The van der Waals surface area contributed by atoms with Crippen LogP contribution in [0.25, 0.3) is 0 Å². The summed E-state index contributed by atoms with van der Waals surface area (Å²) in [6, 6.07) is 3.05. The van der Waals surface area contributed by atoms with Gasteiger partial charge in [-0.3, -0.25) is 4.79 Å². The van der Waals surface area contributed by atoms with Crippen molar-refractivity contribution in [2.75, 3.05) is 14.1 Å². The summed E-state index contributed by atoms with van der Waals surface area (Å²) in [5, 5.41) is 11.8. The summed E-state index contributed by atoms with van der Waals surface area (Å²) in [6.07, 6.45) is 0. The fourth-order valence-corrected chi connectivity index (χ4v) is 2.11. The van der Waals surface area contributed by atoms with E-state index in [-0.39, 0.29) is 11.9 Å². The van der Waals surface area contributed by atoms with Crippen molar-refractivity contribution in [1.29, 1.82) is 0 Å². The van der Waals surface area contributed by atoms with Gasteiger partial charge in [-0.25, -0.2) is 4.79 Å². The maximum absolute atomic E-state index is 11.6. The van der Waals surface area contributed by atoms with Gasteiger partial charge in [-0.1, -0.05) is 0 Å². The lowest BCUT2D eigenvalue weighted by molar-refractivity contribution is -0.130. The molecule has 1 aromatic rings. The molecule has 94 valence electrons. The SMILES string of the molecule is CC(NCc1ccc(C(=O)O)s1)C(=O)N(C)C. The molecular weight excluding hydrogens is 240 g/mol. The predicted molar refractivity (Wildman–Crippen MR) is 66.3 cm³/mol. The van der Waals surface area contributed by atoms with Gasteiger partial charge >= 0.3 is 5.97 Å². The zero-order valence-electron chi connectivity index (χ0n) is 10.1. The Labute approximate surface area is 104 Å². The molecule has 0 radical (unpaired) electrons. The van der Waals surface area contributed by atoms with Gasteiger partial charge in [-0.15, -0.1) is 11.3 Å². The van der Waals surface area contributed by atoms with Crippen LogP contribution >= 0.6 is 11.3 Å². The molecule has 1 atom stereocenters. The second-order valence-corrected chi connectivity index (χ2v) is 5.07. The quantitative estimate of drug-likeness (QED) is 0.825. The summed E-state index contributed by atoms with van der Waals surface area (Å²) in [7, 11) is 3.41. The molecule has 0 bridgehead atoms. The smallest absolute Gasteiger partial charge is 0.345 e. The first-order valence-corrected chi connectivity index (χ1v) is 6.00. The van der Waals surface area contributed by atoms with Crippen LogP contribution < -0.4 is 5.32 Å². The number of carbonyl (C=O) groups excluding carboxylic acids is 1. The monoisotopic (exact) mass is 256 g/mol. The van der Waals surface area contributed by atoms with E-state index in [1.165, 1.54) is 16.2 Å². The first-order chi connectivity index (χ1) is 7.91. The third kappa shape index (κ3) is 3.83. The average molecular weight is 256 g/mol. The summed E-state index contributed by atoms with van der Waals surface area (Å²) in [4.78, 5) is 25.0. The van der Waals surface area contributed by atoms with Crippen LogP contribution in [0.3, 0.4) is 0 Å². The summed E-state index contributed by atoms with van der Waals surface area (Å²) in [5.41, 5.74) is 0. The Hall–Kier alpha value is -1.40. The highest BCUT2D eigenvalue weighted by Crippen LogP contribution is 2.16. The zero-order chi connectivity index (χ0) is 13.0.